The van der Waals surface area contributed by atoms with E-state index in [1.54, 1.807) is 0 Å². The fraction of sp³-hybridized carbons (Fsp3) is 0. The minimum atomic E-state index is 1.15. The van der Waals surface area contributed by atoms with E-state index in [0.29, 0.717) is 0 Å². The van der Waals surface area contributed by atoms with Gasteiger partial charge in [0.1, 0.15) is 0 Å². The Bertz CT molecular complexity index is 2780. The van der Waals surface area contributed by atoms with Gasteiger partial charge in [0.15, 0.2) is 0 Å². The second kappa shape index (κ2) is 11.5. The Labute approximate surface area is 290 Å². The molecule has 0 unspecified atom stereocenters. The Morgan fingerprint density at radius 1 is 0.260 bits per heavy atom. The summed E-state index contributed by atoms with van der Waals surface area (Å²) in [5, 5.41) is 4.98. The zero-order valence-corrected chi connectivity index (χ0v) is 27.4. The van der Waals surface area contributed by atoms with Crippen LogP contribution in [0.4, 0.5) is 0 Å². The van der Waals surface area contributed by atoms with Gasteiger partial charge in [-0.25, -0.2) is 0 Å². The van der Waals surface area contributed by atoms with Crippen molar-refractivity contribution in [1.29, 1.82) is 0 Å². The third-order valence-corrected chi connectivity index (χ3v) is 10.1. The maximum absolute atomic E-state index is 2.43. The van der Waals surface area contributed by atoms with Crippen LogP contribution in [0, 0.1) is 0 Å². The molecule has 0 N–H and O–H groups in total. The maximum atomic E-state index is 2.43. The van der Waals surface area contributed by atoms with Gasteiger partial charge >= 0.3 is 0 Å². The van der Waals surface area contributed by atoms with Gasteiger partial charge in [0.05, 0.1) is 22.1 Å². The lowest BCUT2D eigenvalue weighted by atomic mass is 9.87. The molecule has 2 heteroatoms. The predicted molar refractivity (Wildman–Crippen MR) is 211 cm³/mol. The first kappa shape index (κ1) is 28.4. The van der Waals surface area contributed by atoms with Gasteiger partial charge in [-0.2, -0.15) is 0 Å². The first-order valence-corrected chi connectivity index (χ1v) is 17.2. The van der Waals surface area contributed by atoms with Gasteiger partial charge in [-0.3, -0.25) is 0 Å². The van der Waals surface area contributed by atoms with Gasteiger partial charge in [0.2, 0.25) is 0 Å². The molecule has 0 atom stereocenters. The monoisotopic (exact) mass is 636 g/mol. The molecule has 0 bridgehead atoms. The molecular formula is C48H32N2. The number of hydrogen-bond donors (Lipinski definition) is 0. The molecule has 2 nitrogen and oxygen atoms in total. The molecule has 2 heterocycles. The first-order valence-electron chi connectivity index (χ1n) is 17.2. The van der Waals surface area contributed by atoms with Crippen LogP contribution in [0.15, 0.2) is 194 Å². The van der Waals surface area contributed by atoms with E-state index in [0.717, 1.165) is 5.69 Å². The smallest absolute Gasteiger partial charge is 0.0542 e. The largest absolute Gasteiger partial charge is 0.309 e. The normalized spacial score (nSPS) is 11.6. The minimum absolute atomic E-state index is 1.15. The van der Waals surface area contributed by atoms with E-state index >= 15 is 0 Å². The fourth-order valence-electron chi connectivity index (χ4n) is 7.94. The minimum Gasteiger partial charge on any atom is -0.309 e. The number of aromatic nitrogens is 2. The number of nitrogens with zero attached hydrogens (tertiary/aromatic N) is 2. The molecule has 0 aliphatic carbocycles. The van der Waals surface area contributed by atoms with E-state index in [2.05, 4.69) is 203 Å². The molecule has 10 aromatic rings. The van der Waals surface area contributed by atoms with Gasteiger partial charge in [-0.05, 0) is 88.0 Å². The summed E-state index contributed by atoms with van der Waals surface area (Å²) in [5.74, 6) is 0. The molecule has 0 saturated heterocycles. The lowest BCUT2D eigenvalue weighted by molar-refractivity contribution is 1.17. The fourth-order valence-corrected chi connectivity index (χ4v) is 7.94. The van der Waals surface area contributed by atoms with Crippen LogP contribution < -0.4 is 0 Å². The molecular weight excluding hydrogens is 605 g/mol. The molecule has 0 spiro atoms. The Hall–Kier alpha value is -6.64. The highest BCUT2D eigenvalue weighted by molar-refractivity contribution is 6.13. The summed E-state index contributed by atoms with van der Waals surface area (Å²) in [5.41, 5.74) is 14.5. The van der Waals surface area contributed by atoms with E-state index in [9.17, 15) is 0 Å². The third-order valence-electron chi connectivity index (χ3n) is 10.1. The molecule has 10 rings (SSSR count). The number of benzene rings is 8. The predicted octanol–water partition coefficient (Wildman–Crippen LogP) is 12.9. The van der Waals surface area contributed by atoms with Crippen molar-refractivity contribution < 1.29 is 0 Å². The van der Waals surface area contributed by atoms with E-state index in [1.807, 2.05) is 0 Å². The van der Waals surface area contributed by atoms with Gasteiger partial charge in [-0.1, -0.05) is 140 Å². The van der Waals surface area contributed by atoms with Gasteiger partial charge in [0, 0.05) is 32.9 Å². The number of fused-ring (bicyclic) bond motifs is 6. The van der Waals surface area contributed by atoms with Crippen molar-refractivity contribution in [2.75, 3.05) is 0 Å². The zero-order valence-electron chi connectivity index (χ0n) is 27.4. The maximum Gasteiger partial charge on any atom is 0.0542 e. The summed E-state index contributed by atoms with van der Waals surface area (Å²) in [4.78, 5) is 0. The van der Waals surface area contributed by atoms with Crippen LogP contribution in [-0.4, -0.2) is 9.13 Å². The van der Waals surface area contributed by atoms with Crippen LogP contribution in [0.3, 0.4) is 0 Å². The molecule has 0 radical (unpaired) electrons. The second-order valence-corrected chi connectivity index (χ2v) is 12.9. The lowest BCUT2D eigenvalue weighted by Crippen LogP contribution is -1.95. The highest BCUT2D eigenvalue weighted by atomic mass is 15.0. The quantitative estimate of drug-likeness (QED) is 0.178. The summed E-state index contributed by atoms with van der Waals surface area (Å²) in [6.45, 7) is 0. The van der Waals surface area contributed by atoms with E-state index < -0.39 is 0 Å². The summed E-state index contributed by atoms with van der Waals surface area (Å²) in [7, 11) is 0. The molecule has 234 valence electrons. The van der Waals surface area contributed by atoms with Crippen LogP contribution in [0.25, 0.3) is 88.4 Å². The van der Waals surface area contributed by atoms with Gasteiger partial charge in [0.25, 0.3) is 0 Å². The molecule has 2 aromatic heterocycles. The molecule has 0 aliphatic heterocycles. The first-order chi connectivity index (χ1) is 24.8. The van der Waals surface area contributed by atoms with Crippen LogP contribution in [0.2, 0.25) is 0 Å². The van der Waals surface area contributed by atoms with Gasteiger partial charge < -0.3 is 9.13 Å². The molecule has 50 heavy (non-hydrogen) atoms. The number of para-hydroxylation sites is 3. The number of rotatable bonds is 5. The average Bonchev–Trinajstić information content (AvgIpc) is 3.71. The second-order valence-electron chi connectivity index (χ2n) is 12.9. The van der Waals surface area contributed by atoms with E-state index in [-0.39, 0.29) is 0 Å². The van der Waals surface area contributed by atoms with Crippen LogP contribution in [-0.2, 0) is 0 Å². The highest BCUT2D eigenvalue weighted by Gasteiger charge is 2.19. The number of hydrogen-bond acceptors (Lipinski definition) is 0. The molecule has 8 aromatic carbocycles. The summed E-state index contributed by atoms with van der Waals surface area (Å²) < 4.78 is 4.81. The highest BCUT2D eigenvalue weighted by Crippen LogP contribution is 2.43. The van der Waals surface area contributed by atoms with E-state index in [1.165, 1.54) is 82.7 Å². The molecule has 0 aliphatic rings. The SMILES string of the molecule is c1ccc(-c2cccc(-c3ccccc3)c2-c2ccc3c(c2)c2ccccc2n3-c2ccc3c(c2)c2ccccc2n3-c2ccccc2)cc1. The van der Waals surface area contributed by atoms with Crippen molar-refractivity contribution in [2.45, 2.75) is 0 Å². The van der Waals surface area contributed by atoms with Crippen LogP contribution in [0.5, 0.6) is 0 Å². The van der Waals surface area contributed by atoms with Gasteiger partial charge in [-0.15, -0.1) is 0 Å². The van der Waals surface area contributed by atoms with Crippen molar-refractivity contribution in [1.82, 2.24) is 9.13 Å². The van der Waals surface area contributed by atoms with Crippen LogP contribution >= 0.6 is 0 Å². The summed E-state index contributed by atoms with van der Waals surface area (Å²) in [6, 6.07) is 70.4. The van der Waals surface area contributed by atoms with Crippen molar-refractivity contribution in [3.8, 4) is 44.8 Å². The lowest BCUT2D eigenvalue weighted by Gasteiger charge is -2.17. The summed E-state index contributed by atoms with van der Waals surface area (Å²) >= 11 is 0. The Morgan fingerprint density at radius 2 is 0.720 bits per heavy atom. The Morgan fingerprint density at radius 3 is 1.32 bits per heavy atom. The standard InChI is InChI=1S/C48H32N2/c1-4-15-33(16-5-1)38-23-14-24-39(34-17-6-2-7-18-34)48(38)35-27-29-46-42(31-35)40-21-10-13-26-45(40)50(46)37-28-30-47-43(32-37)41-22-11-12-25-44(41)49(47)36-19-8-3-9-20-36/h1-32H. The van der Waals surface area contributed by atoms with Crippen molar-refractivity contribution in [3.63, 3.8) is 0 Å². The average molecular weight is 637 g/mol. The Kier molecular flexibility index (Phi) is 6.53. The molecule has 0 fully saturated rings. The molecule has 0 amide bonds. The van der Waals surface area contributed by atoms with Crippen LogP contribution in [0.1, 0.15) is 0 Å². The van der Waals surface area contributed by atoms with Crippen molar-refractivity contribution in [3.05, 3.63) is 194 Å². The topological polar surface area (TPSA) is 9.86 Å². The van der Waals surface area contributed by atoms with Crippen molar-refractivity contribution in [2.24, 2.45) is 0 Å². The summed E-state index contributed by atoms with van der Waals surface area (Å²) in [6.07, 6.45) is 0. The Balaban J connectivity index is 1.22. The zero-order chi connectivity index (χ0) is 33.0. The molecule has 0 saturated carbocycles. The van der Waals surface area contributed by atoms with E-state index in [4.69, 9.17) is 0 Å². The third kappa shape index (κ3) is 4.43. The van der Waals surface area contributed by atoms with Crippen molar-refractivity contribution >= 4 is 43.6 Å².